The van der Waals surface area contributed by atoms with E-state index in [9.17, 15) is 4.79 Å². The number of nitrogens with zero attached hydrogens (tertiary/aromatic N) is 5. The molecule has 0 saturated carbocycles. The van der Waals surface area contributed by atoms with E-state index in [0.717, 1.165) is 4.34 Å². The lowest BCUT2D eigenvalue weighted by Gasteiger charge is -1.91. The van der Waals surface area contributed by atoms with Crippen LogP contribution >= 0.6 is 23.1 Å². The predicted molar refractivity (Wildman–Crippen MR) is 61.8 cm³/mol. The van der Waals surface area contributed by atoms with E-state index in [1.165, 1.54) is 27.9 Å². The van der Waals surface area contributed by atoms with Crippen molar-refractivity contribution in [1.29, 1.82) is 0 Å². The Kier molecular flexibility index (Phi) is 3.69. The molecule has 17 heavy (non-hydrogen) atoms. The third kappa shape index (κ3) is 3.49. The lowest BCUT2D eigenvalue weighted by molar-refractivity contribution is -0.136. The number of carboxylic acids is 1. The number of carboxylic acid groups (broad SMARTS) is 1. The van der Waals surface area contributed by atoms with Crippen LogP contribution in [0, 0.1) is 0 Å². The van der Waals surface area contributed by atoms with Gasteiger partial charge < -0.3 is 5.11 Å². The second-order valence-corrected chi connectivity index (χ2v) is 5.24. The van der Waals surface area contributed by atoms with Crippen LogP contribution in [0.15, 0.2) is 9.72 Å². The Labute approximate surface area is 105 Å². The molecule has 1 N–H and O–H groups in total. The van der Waals surface area contributed by atoms with Crippen LogP contribution in [0.1, 0.15) is 11.5 Å². The van der Waals surface area contributed by atoms with E-state index in [0.29, 0.717) is 17.3 Å². The fourth-order valence-electron chi connectivity index (χ4n) is 1.10. The highest BCUT2D eigenvalue weighted by molar-refractivity contribution is 8.00. The van der Waals surface area contributed by atoms with Gasteiger partial charge in [-0.05, 0) is 5.21 Å². The van der Waals surface area contributed by atoms with E-state index in [-0.39, 0.29) is 6.42 Å². The zero-order valence-electron chi connectivity index (χ0n) is 8.90. The third-order valence-corrected chi connectivity index (χ3v) is 3.80. The van der Waals surface area contributed by atoms with Crippen LogP contribution in [0.4, 0.5) is 0 Å². The van der Waals surface area contributed by atoms with Crippen LogP contribution in [0.5, 0.6) is 0 Å². The highest BCUT2D eigenvalue weighted by Gasteiger charge is 2.08. The average Bonchev–Trinajstić information content (AvgIpc) is 2.84. The zero-order valence-corrected chi connectivity index (χ0v) is 10.5. The minimum atomic E-state index is -0.873. The molecular weight excluding hydrogens is 262 g/mol. The fourth-order valence-corrected chi connectivity index (χ4v) is 2.78. The Morgan fingerprint density at radius 2 is 2.47 bits per heavy atom. The standard InChI is InChI=1S/C8H9N5O2S2/c1-13-11-6(10-12-13)4-17-8-9-5(3-16-8)2-7(14)15/h3H,2,4H2,1H3,(H,14,15). The normalized spacial score (nSPS) is 10.6. The lowest BCUT2D eigenvalue weighted by atomic mass is 10.3. The Balaban J connectivity index is 1.91. The molecule has 0 aliphatic carbocycles. The number of hydrogen-bond acceptors (Lipinski definition) is 7. The van der Waals surface area contributed by atoms with Crippen molar-refractivity contribution in [3.63, 3.8) is 0 Å². The van der Waals surface area contributed by atoms with E-state index in [1.54, 1.807) is 12.4 Å². The van der Waals surface area contributed by atoms with Gasteiger partial charge in [-0.15, -0.1) is 21.5 Å². The van der Waals surface area contributed by atoms with Gasteiger partial charge in [0.2, 0.25) is 0 Å². The monoisotopic (exact) mass is 271 g/mol. The summed E-state index contributed by atoms with van der Waals surface area (Å²) in [5, 5.41) is 22.0. The summed E-state index contributed by atoms with van der Waals surface area (Å²) in [6.07, 6.45) is -0.0412. The van der Waals surface area contributed by atoms with Gasteiger partial charge in [0.25, 0.3) is 0 Å². The molecule has 0 radical (unpaired) electrons. The molecule has 2 heterocycles. The van der Waals surface area contributed by atoms with Crippen molar-refractivity contribution in [2.45, 2.75) is 16.5 Å². The number of tetrazole rings is 1. The Bertz CT molecular complexity index is 523. The first kappa shape index (κ1) is 12.0. The lowest BCUT2D eigenvalue weighted by Crippen LogP contribution is -1.99. The summed E-state index contributed by atoms with van der Waals surface area (Å²) < 4.78 is 0.814. The van der Waals surface area contributed by atoms with E-state index in [4.69, 9.17) is 5.11 Å². The molecule has 2 rings (SSSR count). The van der Waals surface area contributed by atoms with E-state index in [2.05, 4.69) is 20.4 Å². The maximum Gasteiger partial charge on any atom is 0.309 e. The summed E-state index contributed by atoms with van der Waals surface area (Å²) in [6.45, 7) is 0. The van der Waals surface area contributed by atoms with Crippen molar-refractivity contribution < 1.29 is 9.90 Å². The SMILES string of the molecule is Cn1nnc(CSc2nc(CC(=O)O)cs2)n1. The van der Waals surface area contributed by atoms with Gasteiger partial charge in [0.15, 0.2) is 10.2 Å². The Morgan fingerprint density at radius 1 is 1.65 bits per heavy atom. The van der Waals surface area contributed by atoms with Crippen molar-refractivity contribution in [2.75, 3.05) is 0 Å². The van der Waals surface area contributed by atoms with Crippen molar-refractivity contribution in [2.24, 2.45) is 7.05 Å². The highest BCUT2D eigenvalue weighted by Crippen LogP contribution is 2.25. The van der Waals surface area contributed by atoms with E-state index < -0.39 is 5.97 Å². The molecule has 0 fully saturated rings. The van der Waals surface area contributed by atoms with Crippen LogP contribution in [-0.4, -0.2) is 36.3 Å². The van der Waals surface area contributed by atoms with Crippen LogP contribution in [0.3, 0.4) is 0 Å². The van der Waals surface area contributed by atoms with Crippen molar-refractivity contribution in [3.8, 4) is 0 Å². The van der Waals surface area contributed by atoms with Crippen LogP contribution in [0.25, 0.3) is 0 Å². The number of thiazole rings is 1. The molecule has 0 spiro atoms. The van der Waals surface area contributed by atoms with Gasteiger partial charge in [0.1, 0.15) is 0 Å². The maximum atomic E-state index is 10.5. The molecule has 0 amide bonds. The first-order chi connectivity index (χ1) is 8.13. The van der Waals surface area contributed by atoms with E-state index >= 15 is 0 Å². The van der Waals surface area contributed by atoms with Crippen molar-refractivity contribution in [1.82, 2.24) is 25.2 Å². The summed E-state index contributed by atoms with van der Waals surface area (Å²) in [5.74, 6) is 0.336. The summed E-state index contributed by atoms with van der Waals surface area (Å²) in [7, 11) is 1.70. The first-order valence-electron chi connectivity index (χ1n) is 4.65. The topological polar surface area (TPSA) is 93.8 Å². The molecule has 0 aliphatic heterocycles. The Morgan fingerprint density at radius 3 is 3.12 bits per heavy atom. The second kappa shape index (κ2) is 5.23. The van der Waals surface area contributed by atoms with Gasteiger partial charge in [-0.1, -0.05) is 11.8 Å². The number of aryl methyl sites for hydroxylation is 1. The molecule has 7 nitrogen and oxygen atoms in total. The molecule has 2 aromatic heterocycles. The smallest absolute Gasteiger partial charge is 0.309 e. The maximum absolute atomic E-state index is 10.5. The molecule has 0 unspecified atom stereocenters. The number of aliphatic carboxylic acids is 1. The molecule has 0 atom stereocenters. The van der Waals surface area contributed by atoms with Gasteiger partial charge >= 0.3 is 5.97 Å². The zero-order chi connectivity index (χ0) is 12.3. The number of hydrogen-bond donors (Lipinski definition) is 1. The van der Waals surface area contributed by atoms with Gasteiger partial charge in [-0.3, -0.25) is 4.79 Å². The molecule has 2 aromatic rings. The van der Waals surface area contributed by atoms with E-state index in [1.807, 2.05) is 0 Å². The molecule has 0 bridgehead atoms. The predicted octanol–water partition coefficient (Wildman–Crippen LogP) is 0.586. The minimum Gasteiger partial charge on any atom is -0.481 e. The number of rotatable bonds is 5. The molecule has 0 saturated heterocycles. The second-order valence-electron chi connectivity index (χ2n) is 3.16. The Hall–Kier alpha value is -1.48. The van der Waals surface area contributed by atoms with Crippen LogP contribution in [0.2, 0.25) is 0 Å². The van der Waals surface area contributed by atoms with Gasteiger partial charge in [0, 0.05) is 5.38 Å². The fraction of sp³-hybridized carbons (Fsp3) is 0.375. The van der Waals surface area contributed by atoms with Gasteiger partial charge in [-0.25, -0.2) is 4.98 Å². The third-order valence-electron chi connectivity index (χ3n) is 1.74. The minimum absolute atomic E-state index is 0.0412. The summed E-state index contributed by atoms with van der Waals surface area (Å²) >= 11 is 2.89. The largest absolute Gasteiger partial charge is 0.481 e. The number of carbonyl (C=O) groups is 1. The van der Waals surface area contributed by atoms with Crippen molar-refractivity contribution >= 4 is 29.1 Å². The molecule has 0 aromatic carbocycles. The van der Waals surface area contributed by atoms with Crippen molar-refractivity contribution in [3.05, 3.63) is 16.9 Å². The highest BCUT2D eigenvalue weighted by atomic mass is 32.2. The number of thioether (sulfide) groups is 1. The van der Waals surface area contributed by atoms with Crippen LogP contribution < -0.4 is 0 Å². The molecule has 9 heteroatoms. The summed E-state index contributed by atoms with van der Waals surface area (Å²) in [4.78, 5) is 16.1. The number of aromatic nitrogens is 5. The first-order valence-corrected chi connectivity index (χ1v) is 6.52. The van der Waals surface area contributed by atoms with Gasteiger partial charge in [-0.2, -0.15) is 4.80 Å². The summed E-state index contributed by atoms with van der Waals surface area (Å²) in [6, 6.07) is 0. The average molecular weight is 271 g/mol. The van der Waals surface area contributed by atoms with Crippen LogP contribution in [-0.2, 0) is 24.0 Å². The van der Waals surface area contributed by atoms with Gasteiger partial charge in [0.05, 0.1) is 24.9 Å². The quantitative estimate of drug-likeness (QED) is 0.795. The summed E-state index contributed by atoms with van der Waals surface area (Å²) in [5.41, 5.74) is 0.581. The molecule has 0 aliphatic rings. The molecular formula is C8H9N5O2S2. The molecule has 90 valence electrons.